The maximum Gasteiger partial charge on any atom is 0.245 e. The molecule has 2 saturated heterocycles. The molecule has 0 radical (unpaired) electrons. The fourth-order valence-electron chi connectivity index (χ4n) is 3.70. The maximum absolute atomic E-state index is 12.9. The van der Waals surface area contributed by atoms with E-state index in [-0.39, 0.29) is 11.9 Å². The van der Waals surface area contributed by atoms with Gasteiger partial charge < -0.3 is 15.1 Å². The largest absolute Gasteiger partial charge is 0.347 e. The van der Waals surface area contributed by atoms with Crippen molar-refractivity contribution in [2.75, 3.05) is 29.9 Å². The topological polar surface area (TPSA) is 87.1 Å². The van der Waals surface area contributed by atoms with Crippen LogP contribution < -0.4 is 10.2 Å². The van der Waals surface area contributed by atoms with Gasteiger partial charge in [-0.25, -0.2) is 15.0 Å². The summed E-state index contributed by atoms with van der Waals surface area (Å²) < 4.78 is 5.28. The highest BCUT2D eigenvalue weighted by Crippen LogP contribution is 2.28. The average Bonchev–Trinajstić information content (AvgIpc) is 3.32. The number of rotatable bonds is 5. The number of hydrogen-bond donors (Lipinski definition) is 1. The van der Waals surface area contributed by atoms with Gasteiger partial charge in [-0.3, -0.25) is 4.79 Å². The number of amides is 1. The quantitative estimate of drug-likeness (QED) is 0.725. The second-order valence-electron chi connectivity index (χ2n) is 7.55. The van der Waals surface area contributed by atoms with Crippen molar-refractivity contribution in [3.05, 3.63) is 22.7 Å². The zero-order chi connectivity index (χ0) is 19.7. The van der Waals surface area contributed by atoms with Crippen LogP contribution in [0.1, 0.15) is 44.9 Å². The molecule has 4 heterocycles. The summed E-state index contributed by atoms with van der Waals surface area (Å²) in [6.07, 6.45) is 6.07. The van der Waals surface area contributed by atoms with Gasteiger partial charge in [-0.05, 0) is 35.2 Å². The van der Waals surface area contributed by atoms with Gasteiger partial charge >= 0.3 is 0 Å². The molecule has 0 spiro atoms. The van der Waals surface area contributed by atoms with E-state index < -0.39 is 0 Å². The molecule has 0 aromatic carbocycles. The van der Waals surface area contributed by atoms with Gasteiger partial charge in [0.05, 0.1) is 4.47 Å². The Morgan fingerprint density at radius 2 is 1.89 bits per heavy atom. The molecule has 0 aliphatic carbocycles. The normalized spacial score (nSPS) is 21.0. The Kier molecular flexibility index (Phi) is 5.77. The van der Waals surface area contributed by atoms with E-state index in [4.69, 9.17) is 0 Å². The molecule has 2 aliphatic heterocycles. The fraction of sp³-hybridized carbons (Fsp3) is 0.611. The number of hydrogen-bond acceptors (Lipinski definition) is 8. The van der Waals surface area contributed by atoms with Gasteiger partial charge in [-0.2, -0.15) is 4.37 Å². The van der Waals surface area contributed by atoms with Crippen molar-refractivity contribution in [3.8, 4) is 0 Å². The summed E-state index contributed by atoms with van der Waals surface area (Å²) in [5, 5.41) is 4.18. The summed E-state index contributed by atoms with van der Waals surface area (Å²) in [6, 6.07) is 0.0508. The fourth-order valence-corrected chi connectivity index (χ4v) is 4.76. The van der Waals surface area contributed by atoms with E-state index in [0.717, 1.165) is 54.3 Å². The van der Waals surface area contributed by atoms with Gasteiger partial charge in [0, 0.05) is 55.5 Å². The first-order valence-electron chi connectivity index (χ1n) is 9.64. The number of halogens is 1. The number of carbonyl (C=O) groups excluding carboxylic acids is 1. The smallest absolute Gasteiger partial charge is 0.245 e. The molecule has 2 aromatic heterocycles. The molecule has 0 bridgehead atoms. The van der Waals surface area contributed by atoms with Gasteiger partial charge in [0.1, 0.15) is 11.9 Å². The molecule has 0 saturated carbocycles. The molecule has 2 fully saturated rings. The van der Waals surface area contributed by atoms with Crippen LogP contribution in [0.5, 0.6) is 0 Å². The third-order valence-corrected chi connectivity index (χ3v) is 6.49. The van der Waals surface area contributed by atoms with E-state index >= 15 is 0 Å². The highest BCUT2D eigenvalue weighted by Gasteiger charge is 2.37. The molecule has 4 rings (SSSR count). The third-order valence-electron chi connectivity index (χ3n) is 5.29. The predicted octanol–water partition coefficient (Wildman–Crippen LogP) is 2.90. The number of piperidine rings is 1. The Balaban J connectivity index is 1.32. The first-order chi connectivity index (χ1) is 13.5. The number of anilines is 2. The van der Waals surface area contributed by atoms with E-state index in [1.807, 2.05) is 4.90 Å². The van der Waals surface area contributed by atoms with Crippen LogP contribution in [0.25, 0.3) is 0 Å². The lowest BCUT2D eigenvalue weighted by Gasteiger charge is -2.36. The number of nitrogens with one attached hydrogen (secondary N) is 1. The summed E-state index contributed by atoms with van der Waals surface area (Å²) in [6.45, 7) is 6.83. The Bertz CT molecular complexity index is 820. The van der Waals surface area contributed by atoms with E-state index in [0.29, 0.717) is 17.9 Å². The van der Waals surface area contributed by atoms with Crippen LogP contribution in [-0.4, -0.2) is 61.9 Å². The summed E-state index contributed by atoms with van der Waals surface area (Å²) in [4.78, 5) is 30.3. The lowest BCUT2D eigenvalue weighted by Crippen LogP contribution is -2.47. The minimum Gasteiger partial charge on any atom is -0.347 e. The Labute approximate surface area is 177 Å². The van der Waals surface area contributed by atoms with Crippen molar-refractivity contribution in [2.24, 2.45) is 0 Å². The Morgan fingerprint density at radius 1 is 1.18 bits per heavy atom. The average molecular weight is 466 g/mol. The first-order valence-corrected chi connectivity index (χ1v) is 11.2. The van der Waals surface area contributed by atoms with Crippen LogP contribution >= 0.6 is 27.5 Å². The highest BCUT2D eigenvalue weighted by atomic mass is 79.9. The van der Waals surface area contributed by atoms with Crippen molar-refractivity contribution in [1.29, 1.82) is 0 Å². The second-order valence-corrected chi connectivity index (χ2v) is 9.20. The number of likely N-dealkylation sites (tertiary alicyclic amines) is 1. The van der Waals surface area contributed by atoms with E-state index in [1.54, 1.807) is 12.4 Å². The van der Waals surface area contributed by atoms with Gasteiger partial charge in [-0.1, -0.05) is 13.8 Å². The number of carbonyl (C=O) groups is 1. The van der Waals surface area contributed by atoms with Crippen LogP contribution in [-0.2, 0) is 4.79 Å². The van der Waals surface area contributed by atoms with Crippen LogP contribution in [0.3, 0.4) is 0 Å². The van der Waals surface area contributed by atoms with Gasteiger partial charge in [0.2, 0.25) is 17.0 Å². The van der Waals surface area contributed by atoms with Crippen molar-refractivity contribution in [1.82, 2.24) is 24.2 Å². The van der Waals surface area contributed by atoms with Crippen LogP contribution in [0.4, 0.5) is 11.1 Å². The van der Waals surface area contributed by atoms with Crippen molar-refractivity contribution in [3.63, 3.8) is 0 Å². The number of nitrogens with zero attached hydrogens (tertiary/aromatic N) is 6. The van der Waals surface area contributed by atoms with Gasteiger partial charge in [-0.15, -0.1) is 0 Å². The third kappa shape index (κ3) is 4.12. The lowest BCUT2D eigenvalue weighted by atomic mass is 10.0. The Morgan fingerprint density at radius 3 is 2.54 bits per heavy atom. The molecular weight excluding hydrogens is 442 g/mol. The van der Waals surface area contributed by atoms with Gasteiger partial charge in [0.25, 0.3) is 0 Å². The SMILES string of the molecule is CC(C)c1nsc(N2CCC(N3CCC(Nc4ncc(Br)cn4)C3=O)CC2)n1. The molecule has 1 unspecified atom stereocenters. The minimum atomic E-state index is -0.240. The molecule has 1 atom stereocenters. The lowest BCUT2D eigenvalue weighted by molar-refractivity contribution is -0.130. The van der Waals surface area contributed by atoms with Gasteiger partial charge in [0.15, 0.2) is 0 Å². The summed E-state index contributed by atoms with van der Waals surface area (Å²) in [5.41, 5.74) is 0. The summed E-state index contributed by atoms with van der Waals surface area (Å²) >= 11 is 4.80. The molecule has 1 amide bonds. The highest BCUT2D eigenvalue weighted by molar-refractivity contribution is 9.10. The minimum absolute atomic E-state index is 0.156. The molecule has 2 aliphatic rings. The molecule has 150 valence electrons. The second kappa shape index (κ2) is 8.28. The van der Waals surface area contributed by atoms with Crippen LogP contribution in [0.2, 0.25) is 0 Å². The van der Waals surface area contributed by atoms with Crippen molar-refractivity contribution in [2.45, 2.75) is 51.1 Å². The van der Waals surface area contributed by atoms with Crippen LogP contribution in [0, 0.1) is 0 Å². The van der Waals surface area contributed by atoms with E-state index in [9.17, 15) is 4.79 Å². The monoisotopic (exact) mass is 465 g/mol. The number of aromatic nitrogens is 4. The molecule has 2 aromatic rings. The molecule has 1 N–H and O–H groups in total. The molecule has 8 nitrogen and oxygen atoms in total. The molecule has 10 heteroatoms. The van der Waals surface area contributed by atoms with E-state index in [2.05, 4.69) is 59.3 Å². The zero-order valence-corrected chi connectivity index (χ0v) is 18.4. The van der Waals surface area contributed by atoms with Crippen LogP contribution in [0.15, 0.2) is 16.9 Å². The maximum atomic E-state index is 12.9. The standard InChI is InChI=1S/C18H24BrN7OS/c1-11(2)15-23-18(28-24-15)25-6-3-13(4-7-25)26-8-5-14(16(26)27)22-17-20-9-12(19)10-21-17/h9-11,13-14H,3-8H2,1-2H3,(H,20,21,22). The van der Waals surface area contributed by atoms with E-state index in [1.165, 1.54) is 11.5 Å². The first kappa shape index (κ1) is 19.5. The summed E-state index contributed by atoms with van der Waals surface area (Å²) in [7, 11) is 0. The predicted molar refractivity (Wildman–Crippen MR) is 113 cm³/mol. The summed E-state index contributed by atoms with van der Waals surface area (Å²) in [5.74, 6) is 1.92. The van der Waals surface area contributed by atoms with Crippen molar-refractivity contribution >= 4 is 44.4 Å². The molecule has 28 heavy (non-hydrogen) atoms. The van der Waals surface area contributed by atoms with Crippen molar-refractivity contribution < 1.29 is 4.79 Å². The molecular formula is C18H24BrN7OS. The Hall–Kier alpha value is -1.81. The zero-order valence-electron chi connectivity index (χ0n) is 16.0.